The maximum absolute atomic E-state index is 12.4. The van der Waals surface area contributed by atoms with Crippen molar-refractivity contribution in [3.8, 4) is 0 Å². The fraction of sp³-hybridized carbons (Fsp3) is 0.500. The molecule has 0 saturated heterocycles. The number of benzene rings is 1. The summed E-state index contributed by atoms with van der Waals surface area (Å²) >= 11 is 0. The third-order valence-electron chi connectivity index (χ3n) is 5.30. The van der Waals surface area contributed by atoms with Gasteiger partial charge in [0.1, 0.15) is 5.56 Å². The lowest BCUT2D eigenvalue weighted by atomic mass is 10.1. The number of nitro benzene ring substituents is 1. The molecular weight excluding hydrogens is 394 g/mol. The van der Waals surface area contributed by atoms with E-state index >= 15 is 0 Å². The van der Waals surface area contributed by atoms with Crippen LogP contribution in [-0.4, -0.2) is 52.7 Å². The van der Waals surface area contributed by atoms with E-state index in [9.17, 15) is 29.3 Å². The Morgan fingerprint density at radius 2 is 1.83 bits per heavy atom. The van der Waals surface area contributed by atoms with Gasteiger partial charge < -0.3 is 10.1 Å². The smallest absolute Gasteiger partial charge is 0.308 e. The Morgan fingerprint density at radius 3 is 2.50 bits per heavy atom. The van der Waals surface area contributed by atoms with Crippen LogP contribution in [0.25, 0.3) is 0 Å². The Labute approximate surface area is 172 Å². The molecule has 1 aliphatic carbocycles. The highest BCUT2D eigenvalue weighted by Gasteiger charge is 2.40. The third-order valence-corrected chi connectivity index (χ3v) is 5.30. The lowest BCUT2D eigenvalue weighted by molar-refractivity contribution is -0.385. The average molecular weight is 417 g/mol. The van der Waals surface area contributed by atoms with Crippen LogP contribution < -0.4 is 5.32 Å². The van der Waals surface area contributed by atoms with Crippen molar-refractivity contribution >= 4 is 29.4 Å². The van der Waals surface area contributed by atoms with Crippen LogP contribution in [0.5, 0.6) is 0 Å². The number of nitrogens with one attached hydrogen (secondary N) is 1. The zero-order valence-electron chi connectivity index (χ0n) is 16.4. The minimum absolute atomic E-state index is 0.0645. The molecular formula is C20H23N3O7. The molecule has 0 unspecified atom stereocenters. The second-order valence-electron chi connectivity index (χ2n) is 7.39. The first kappa shape index (κ1) is 21.4. The Kier molecular flexibility index (Phi) is 6.76. The van der Waals surface area contributed by atoms with E-state index in [4.69, 9.17) is 4.74 Å². The molecule has 0 aromatic heterocycles. The number of nitro groups is 1. The molecule has 3 amide bonds. The van der Waals surface area contributed by atoms with E-state index in [0.29, 0.717) is 0 Å². The van der Waals surface area contributed by atoms with Crippen molar-refractivity contribution in [1.82, 2.24) is 10.2 Å². The van der Waals surface area contributed by atoms with Crippen molar-refractivity contribution in [1.29, 1.82) is 0 Å². The minimum Gasteiger partial charge on any atom is -0.456 e. The summed E-state index contributed by atoms with van der Waals surface area (Å²) in [5, 5.41) is 14.0. The molecule has 0 atom stereocenters. The second-order valence-corrected chi connectivity index (χ2v) is 7.39. The van der Waals surface area contributed by atoms with Gasteiger partial charge in [0.15, 0.2) is 6.61 Å². The zero-order chi connectivity index (χ0) is 21.7. The van der Waals surface area contributed by atoms with E-state index in [1.165, 1.54) is 12.1 Å². The Hall–Kier alpha value is -3.30. The highest BCUT2D eigenvalue weighted by molar-refractivity contribution is 6.23. The zero-order valence-corrected chi connectivity index (χ0v) is 16.4. The van der Waals surface area contributed by atoms with Gasteiger partial charge in [-0.2, -0.15) is 0 Å². The van der Waals surface area contributed by atoms with Gasteiger partial charge in [-0.05, 0) is 18.9 Å². The Morgan fingerprint density at radius 1 is 1.13 bits per heavy atom. The molecule has 2 aliphatic rings. The fourth-order valence-electron chi connectivity index (χ4n) is 3.79. The van der Waals surface area contributed by atoms with Gasteiger partial charge in [0.05, 0.1) is 16.9 Å². The van der Waals surface area contributed by atoms with Crippen molar-refractivity contribution < 1.29 is 28.8 Å². The van der Waals surface area contributed by atoms with Crippen LogP contribution in [0.1, 0.15) is 65.7 Å². The molecule has 0 bridgehead atoms. The SMILES string of the molecule is O=C(COC(=O)CCN1C(=O)c2cccc([N+](=O)[O-])c2C1=O)NC1CCCCCC1. The van der Waals surface area contributed by atoms with Gasteiger partial charge in [0.25, 0.3) is 23.4 Å². The number of ether oxygens (including phenoxy) is 1. The van der Waals surface area contributed by atoms with Gasteiger partial charge in [0.2, 0.25) is 0 Å². The van der Waals surface area contributed by atoms with Crippen molar-refractivity contribution in [2.24, 2.45) is 0 Å². The maximum atomic E-state index is 12.4. The molecule has 1 saturated carbocycles. The molecule has 3 rings (SSSR count). The number of esters is 1. The van der Waals surface area contributed by atoms with Gasteiger partial charge in [0, 0.05) is 18.7 Å². The summed E-state index contributed by atoms with van der Waals surface area (Å²) in [6, 6.07) is 3.90. The van der Waals surface area contributed by atoms with Gasteiger partial charge >= 0.3 is 5.97 Å². The third kappa shape index (κ3) is 4.81. The van der Waals surface area contributed by atoms with E-state index in [2.05, 4.69) is 5.32 Å². The number of hydrogen-bond acceptors (Lipinski definition) is 7. The van der Waals surface area contributed by atoms with Crippen LogP contribution in [0.4, 0.5) is 5.69 Å². The molecule has 0 spiro atoms. The summed E-state index contributed by atoms with van der Waals surface area (Å²) in [5.41, 5.74) is -0.792. The minimum atomic E-state index is -0.818. The van der Waals surface area contributed by atoms with Gasteiger partial charge in [-0.3, -0.25) is 34.2 Å². The summed E-state index contributed by atoms with van der Waals surface area (Å²) in [4.78, 5) is 59.9. The van der Waals surface area contributed by atoms with E-state index in [1.54, 1.807) is 0 Å². The first-order valence-corrected chi connectivity index (χ1v) is 9.97. The first-order chi connectivity index (χ1) is 14.4. The summed E-state index contributed by atoms with van der Waals surface area (Å²) in [5.74, 6) is -2.64. The summed E-state index contributed by atoms with van der Waals surface area (Å²) in [6.07, 6.45) is 5.93. The van der Waals surface area contributed by atoms with Gasteiger partial charge in [-0.15, -0.1) is 0 Å². The predicted octanol–water partition coefficient (Wildman–Crippen LogP) is 1.96. The van der Waals surface area contributed by atoms with Crippen molar-refractivity contribution in [2.75, 3.05) is 13.2 Å². The number of carbonyl (C=O) groups is 4. The van der Waals surface area contributed by atoms with Crippen molar-refractivity contribution in [2.45, 2.75) is 51.0 Å². The van der Waals surface area contributed by atoms with Gasteiger partial charge in [-0.1, -0.05) is 31.7 Å². The van der Waals surface area contributed by atoms with Crippen molar-refractivity contribution in [3.63, 3.8) is 0 Å². The number of rotatable bonds is 7. The van der Waals surface area contributed by atoms with Crippen LogP contribution in [0.2, 0.25) is 0 Å². The van der Waals surface area contributed by atoms with Crippen LogP contribution in [0.15, 0.2) is 18.2 Å². The molecule has 1 fully saturated rings. The largest absolute Gasteiger partial charge is 0.456 e. The number of hydrogen-bond donors (Lipinski definition) is 1. The molecule has 1 aromatic carbocycles. The van der Waals surface area contributed by atoms with Gasteiger partial charge in [-0.25, -0.2) is 0 Å². The van der Waals surface area contributed by atoms with Crippen LogP contribution in [0.3, 0.4) is 0 Å². The molecule has 160 valence electrons. The molecule has 10 heteroatoms. The number of imide groups is 1. The van der Waals surface area contributed by atoms with Crippen LogP contribution >= 0.6 is 0 Å². The number of fused-ring (bicyclic) bond motifs is 1. The topological polar surface area (TPSA) is 136 Å². The Bertz CT molecular complexity index is 875. The lowest BCUT2D eigenvalue weighted by Crippen LogP contribution is -2.37. The summed E-state index contributed by atoms with van der Waals surface area (Å²) in [7, 11) is 0. The van der Waals surface area contributed by atoms with Crippen LogP contribution in [-0.2, 0) is 14.3 Å². The highest BCUT2D eigenvalue weighted by atomic mass is 16.6. The van der Waals surface area contributed by atoms with E-state index < -0.39 is 35.0 Å². The monoisotopic (exact) mass is 417 g/mol. The normalized spacial score (nSPS) is 16.7. The lowest BCUT2D eigenvalue weighted by Gasteiger charge is -2.16. The maximum Gasteiger partial charge on any atom is 0.308 e. The van der Waals surface area contributed by atoms with Crippen molar-refractivity contribution in [3.05, 3.63) is 39.4 Å². The number of amides is 3. The van der Waals surface area contributed by atoms with E-state index in [1.807, 2.05) is 0 Å². The molecule has 1 heterocycles. The predicted molar refractivity (Wildman–Crippen MR) is 104 cm³/mol. The molecule has 10 nitrogen and oxygen atoms in total. The standard InChI is InChI=1S/C20H23N3O7/c24-16(21-13-6-3-1-2-4-7-13)12-30-17(25)10-11-22-19(26)14-8-5-9-15(23(28)29)18(14)20(22)27/h5,8-9,13H,1-4,6-7,10-12H2,(H,21,24). The van der Waals surface area contributed by atoms with E-state index in [-0.39, 0.29) is 36.0 Å². The quantitative estimate of drug-likeness (QED) is 0.235. The summed E-state index contributed by atoms with van der Waals surface area (Å²) < 4.78 is 4.94. The average Bonchev–Trinajstić information content (AvgIpc) is 2.88. The molecule has 1 N–H and O–H groups in total. The van der Waals surface area contributed by atoms with E-state index in [0.717, 1.165) is 49.5 Å². The molecule has 1 aromatic rings. The molecule has 0 radical (unpaired) electrons. The number of carbonyl (C=O) groups excluding carboxylic acids is 4. The fourth-order valence-corrected chi connectivity index (χ4v) is 3.79. The Balaban J connectivity index is 1.48. The molecule has 1 aliphatic heterocycles. The highest BCUT2D eigenvalue weighted by Crippen LogP contribution is 2.30. The first-order valence-electron chi connectivity index (χ1n) is 9.97. The molecule has 30 heavy (non-hydrogen) atoms. The van der Waals surface area contributed by atoms with Crippen LogP contribution in [0, 0.1) is 10.1 Å². The number of nitrogens with zero attached hydrogens (tertiary/aromatic N) is 2. The summed E-state index contributed by atoms with van der Waals surface area (Å²) in [6.45, 7) is -0.713. The second kappa shape index (κ2) is 9.47.